The number of nitrogens with one attached hydrogen (secondary N) is 1. The maximum Gasteiger partial charge on any atom is 0.257 e. The molecule has 1 N–H and O–H groups in total. The van der Waals surface area contributed by atoms with Gasteiger partial charge in [0, 0.05) is 24.7 Å². The van der Waals surface area contributed by atoms with Crippen molar-refractivity contribution in [2.24, 2.45) is 0 Å². The van der Waals surface area contributed by atoms with Gasteiger partial charge in [-0.15, -0.1) is 0 Å². The molecule has 0 unspecified atom stereocenters. The molecule has 1 aromatic carbocycles. The van der Waals surface area contributed by atoms with Crippen LogP contribution in [0.5, 0.6) is 0 Å². The topological polar surface area (TPSA) is 62.6 Å². The number of rotatable bonds is 3. The Morgan fingerprint density at radius 2 is 1.92 bits per heavy atom. The third kappa shape index (κ3) is 3.50. The number of carbonyl (C=O) groups excluding carboxylic acids is 2. The first-order chi connectivity index (χ1) is 11.5. The van der Waals surface area contributed by atoms with Crippen LogP contribution in [0.1, 0.15) is 44.7 Å². The number of nitrogens with zero attached hydrogens (tertiary/aromatic N) is 1. The van der Waals surface area contributed by atoms with E-state index in [0.717, 1.165) is 29.5 Å². The predicted molar refractivity (Wildman–Crippen MR) is 91.0 cm³/mol. The van der Waals surface area contributed by atoms with Crippen LogP contribution in [0.4, 0.5) is 0 Å². The molecule has 5 nitrogen and oxygen atoms in total. The van der Waals surface area contributed by atoms with Crippen LogP contribution in [0.3, 0.4) is 0 Å². The number of hydrogen-bond donors (Lipinski definition) is 1. The highest BCUT2D eigenvalue weighted by atomic mass is 16.3. The van der Waals surface area contributed by atoms with Crippen molar-refractivity contribution in [3.05, 3.63) is 59.0 Å². The monoisotopic (exact) mass is 326 g/mol. The first kappa shape index (κ1) is 16.3. The van der Waals surface area contributed by atoms with E-state index in [1.54, 1.807) is 6.07 Å². The van der Waals surface area contributed by atoms with Crippen molar-refractivity contribution in [2.75, 3.05) is 13.1 Å². The Morgan fingerprint density at radius 3 is 2.54 bits per heavy atom. The van der Waals surface area contributed by atoms with Crippen molar-refractivity contribution in [1.29, 1.82) is 0 Å². The quantitative estimate of drug-likeness (QED) is 0.943. The third-order valence-corrected chi connectivity index (χ3v) is 4.51. The predicted octanol–water partition coefficient (Wildman–Crippen LogP) is 2.93. The highest BCUT2D eigenvalue weighted by molar-refractivity contribution is 5.96. The van der Waals surface area contributed by atoms with Crippen molar-refractivity contribution in [2.45, 2.75) is 32.7 Å². The SMILES string of the molecule is Cc1ccc(C(=O)NC2CCN(C(=O)c3ccoc3)CC2)c(C)c1. The first-order valence-electron chi connectivity index (χ1n) is 8.24. The summed E-state index contributed by atoms with van der Waals surface area (Å²) in [5.41, 5.74) is 3.43. The van der Waals surface area contributed by atoms with Crippen LogP contribution in [0, 0.1) is 13.8 Å². The first-order valence-corrected chi connectivity index (χ1v) is 8.24. The van der Waals surface area contributed by atoms with E-state index < -0.39 is 0 Å². The van der Waals surface area contributed by atoms with Crippen LogP contribution in [0.25, 0.3) is 0 Å². The zero-order valence-corrected chi connectivity index (χ0v) is 14.0. The molecule has 0 saturated carbocycles. The van der Waals surface area contributed by atoms with E-state index in [1.807, 2.05) is 36.9 Å². The minimum absolute atomic E-state index is 0.0112. The number of piperidine rings is 1. The normalized spacial score (nSPS) is 15.3. The Hall–Kier alpha value is -2.56. The molecular weight excluding hydrogens is 304 g/mol. The van der Waals surface area contributed by atoms with Gasteiger partial charge in [0.05, 0.1) is 11.8 Å². The number of furan rings is 1. The zero-order valence-electron chi connectivity index (χ0n) is 14.0. The van der Waals surface area contributed by atoms with E-state index in [2.05, 4.69) is 5.32 Å². The van der Waals surface area contributed by atoms with Gasteiger partial charge in [0.15, 0.2) is 0 Å². The van der Waals surface area contributed by atoms with Gasteiger partial charge in [0.2, 0.25) is 0 Å². The lowest BCUT2D eigenvalue weighted by molar-refractivity contribution is 0.0697. The molecule has 0 atom stereocenters. The molecule has 0 bridgehead atoms. The standard InChI is InChI=1S/C19H22N2O3/c1-13-3-4-17(14(2)11-13)18(22)20-16-5-8-21(9-6-16)19(23)15-7-10-24-12-15/h3-4,7,10-12,16H,5-6,8-9H2,1-2H3,(H,20,22). The molecule has 24 heavy (non-hydrogen) atoms. The average molecular weight is 326 g/mol. The summed E-state index contributed by atoms with van der Waals surface area (Å²) in [5, 5.41) is 3.09. The molecule has 1 aliphatic rings. The number of likely N-dealkylation sites (tertiary alicyclic amines) is 1. The second kappa shape index (κ2) is 6.91. The van der Waals surface area contributed by atoms with Crippen LogP contribution >= 0.6 is 0 Å². The molecule has 1 aliphatic heterocycles. The largest absolute Gasteiger partial charge is 0.472 e. The minimum atomic E-state index is -0.0351. The molecular formula is C19H22N2O3. The Balaban J connectivity index is 1.55. The van der Waals surface area contributed by atoms with Gasteiger partial charge in [-0.3, -0.25) is 9.59 Å². The van der Waals surface area contributed by atoms with E-state index in [1.165, 1.54) is 12.5 Å². The number of aryl methyl sites for hydroxylation is 2. The fraction of sp³-hybridized carbons (Fsp3) is 0.368. The lowest BCUT2D eigenvalue weighted by Crippen LogP contribution is -2.46. The second-order valence-electron chi connectivity index (χ2n) is 6.37. The lowest BCUT2D eigenvalue weighted by atomic mass is 10.0. The van der Waals surface area contributed by atoms with Crippen LogP contribution < -0.4 is 5.32 Å². The zero-order chi connectivity index (χ0) is 17.1. The van der Waals surface area contributed by atoms with Crippen LogP contribution in [-0.2, 0) is 0 Å². The third-order valence-electron chi connectivity index (χ3n) is 4.51. The van der Waals surface area contributed by atoms with Crippen LogP contribution in [0.2, 0.25) is 0 Å². The summed E-state index contributed by atoms with van der Waals surface area (Å²) in [6.45, 7) is 5.25. The lowest BCUT2D eigenvalue weighted by Gasteiger charge is -2.32. The molecule has 3 rings (SSSR count). The molecule has 126 valence electrons. The molecule has 2 amide bonds. The summed E-state index contributed by atoms with van der Waals surface area (Å²) in [6.07, 6.45) is 4.50. The van der Waals surface area contributed by atoms with Crippen molar-refractivity contribution >= 4 is 11.8 Å². The van der Waals surface area contributed by atoms with Gasteiger partial charge >= 0.3 is 0 Å². The van der Waals surface area contributed by atoms with Gasteiger partial charge in [-0.05, 0) is 44.4 Å². The molecule has 1 saturated heterocycles. The van der Waals surface area contributed by atoms with Gasteiger partial charge in [0.1, 0.15) is 6.26 Å². The van der Waals surface area contributed by atoms with Crippen LogP contribution in [-0.4, -0.2) is 35.8 Å². The van der Waals surface area contributed by atoms with Crippen LogP contribution in [0.15, 0.2) is 41.2 Å². The summed E-state index contributed by atoms with van der Waals surface area (Å²) < 4.78 is 4.96. The summed E-state index contributed by atoms with van der Waals surface area (Å²) in [6, 6.07) is 7.62. The number of carbonyl (C=O) groups is 2. The molecule has 1 aromatic heterocycles. The van der Waals surface area contributed by atoms with Crippen molar-refractivity contribution in [1.82, 2.24) is 10.2 Å². The van der Waals surface area contributed by atoms with Crippen molar-refractivity contribution < 1.29 is 14.0 Å². The van der Waals surface area contributed by atoms with Gasteiger partial charge in [0.25, 0.3) is 11.8 Å². The maximum atomic E-state index is 12.4. The Morgan fingerprint density at radius 1 is 1.17 bits per heavy atom. The Bertz CT molecular complexity index is 729. The number of hydrogen-bond acceptors (Lipinski definition) is 3. The number of amides is 2. The Labute approximate surface area is 141 Å². The molecule has 5 heteroatoms. The van der Waals surface area contributed by atoms with E-state index in [4.69, 9.17) is 4.42 Å². The van der Waals surface area contributed by atoms with E-state index in [9.17, 15) is 9.59 Å². The van der Waals surface area contributed by atoms with Gasteiger partial charge in [-0.1, -0.05) is 17.7 Å². The summed E-state index contributed by atoms with van der Waals surface area (Å²) >= 11 is 0. The van der Waals surface area contributed by atoms with Gasteiger partial charge in [-0.25, -0.2) is 0 Å². The highest BCUT2D eigenvalue weighted by Gasteiger charge is 2.25. The summed E-state index contributed by atoms with van der Waals surface area (Å²) in [5.74, 6) is -0.0463. The minimum Gasteiger partial charge on any atom is -0.472 e. The van der Waals surface area contributed by atoms with Crippen molar-refractivity contribution in [3.63, 3.8) is 0 Å². The molecule has 0 spiro atoms. The molecule has 2 aromatic rings. The fourth-order valence-electron chi connectivity index (χ4n) is 3.13. The fourth-order valence-corrected chi connectivity index (χ4v) is 3.13. The summed E-state index contributed by atoms with van der Waals surface area (Å²) in [4.78, 5) is 26.5. The molecule has 2 heterocycles. The second-order valence-corrected chi connectivity index (χ2v) is 6.37. The van der Waals surface area contributed by atoms with E-state index >= 15 is 0 Å². The highest BCUT2D eigenvalue weighted by Crippen LogP contribution is 2.16. The Kier molecular flexibility index (Phi) is 4.69. The maximum absolute atomic E-state index is 12.4. The van der Waals surface area contributed by atoms with Crippen molar-refractivity contribution in [3.8, 4) is 0 Å². The average Bonchev–Trinajstić information content (AvgIpc) is 3.09. The van der Waals surface area contributed by atoms with E-state index in [0.29, 0.717) is 18.7 Å². The summed E-state index contributed by atoms with van der Waals surface area (Å²) in [7, 11) is 0. The molecule has 0 radical (unpaired) electrons. The molecule has 1 fully saturated rings. The van der Waals surface area contributed by atoms with Gasteiger partial charge < -0.3 is 14.6 Å². The van der Waals surface area contributed by atoms with E-state index in [-0.39, 0.29) is 17.9 Å². The van der Waals surface area contributed by atoms with Gasteiger partial charge in [-0.2, -0.15) is 0 Å². The molecule has 0 aliphatic carbocycles. The number of benzene rings is 1. The smallest absolute Gasteiger partial charge is 0.257 e.